The molecule has 2 aliphatic rings. The van der Waals surface area contributed by atoms with Gasteiger partial charge in [0, 0.05) is 38.3 Å². The quantitative estimate of drug-likeness (QED) is 0.611. The minimum Gasteiger partial charge on any atom is -0.367 e. The summed E-state index contributed by atoms with van der Waals surface area (Å²) in [4.78, 5) is 17.8. The van der Waals surface area contributed by atoms with Crippen molar-refractivity contribution in [2.45, 2.75) is 11.3 Å². The summed E-state index contributed by atoms with van der Waals surface area (Å²) in [6.07, 6.45) is 0.679. The number of amides is 1. The summed E-state index contributed by atoms with van der Waals surface area (Å²) in [5.74, 6) is -0.333. The third kappa shape index (κ3) is 4.26. The standard InChI is InChI=1S/C26H28N4O3S/c1-28-15-17-29(18-16-28)25-12-5-3-10-23(25)27-26(31)21-8-6-9-22(19-21)34(32,33)30-14-13-20-7-2-4-11-24(20)30/h2-12,19H,13-18H2,1H3,(H,27,31). The van der Waals surface area contributed by atoms with E-state index in [-0.39, 0.29) is 10.8 Å². The van der Waals surface area contributed by atoms with Crippen molar-refractivity contribution in [1.29, 1.82) is 0 Å². The fraction of sp³-hybridized carbons (Fsp3) is 0.269. The molecule has 0 radical (unpaired) electrons. The predicted octanol–water partition coefficient (Wildman–Crippen LogP) is 3.44. The van der Waals surface area contributed by atoms with Gasteiger partial charge in [0.25, 0.3) is 15.9 Å². The van der Waals surface area contributed by atoms with Crippen LogP contribution in [0.2, 0.25) is 0 Å². The van der Waals surface area contributed by atoms with Crippen LogP contribution < -0.4 is 14.5 Å². The fourth-order valence-corrected chi connectivity index (χ4v) is 6.13. The summed E-state index contributed by atoms with van der Waals surface area (Å²) in [6, 6.07) is 21.5. The molecule has 1 amide bonds. The Morgan fingerprint density at radius 2 is 1.53 bits per heavy atom. The molecule has 1 fully saturated rings. The highest BCUT2D eigenvalue weighted by Gasteiger charge is 2.31. The molecule has 176 valence electrons. The van der Waals surface area contributed by atoms with E-state index in [0.717, 1.165) is 43.1 Å². The van der Waals surface area contributed by atoms with Crippen molar-refractivity contribution in [3.05, 3.63) is 83.9 Å². The number of hydrogen-bond donors (Lipinski definition) is 1. The monoisotopic (exact) mass is 476 g/mol. The molecule has 0 aliphatic carbocycles. The Bertz CT molecular complexity index is 1320. The van der Waals surface area contributed by atoms with E-state index in [4.69, 9.17) is 0 Å². The number of anilines is 3. The van der Waals surface area contributed by atoms with Gasteiger partial charge < -0.3 is 15.1 Å². The smallest absolute Gasteiger partial charge is 0.264 e. The van der Waals surface area contributed by atoms with E-state index in [0.29, 0.717) is 24.2 Å². The zero-order chi connectivity index (χ0) is 23.7. The number of likely N-dealkylation sites (N-methyl/N-ethyl adjacent to an activating group) is 1. The van der Waals surface area contributed by atoms with Gasteiger partial charge in [-0.1, -0.05) is 36.4 Å². The second-order valence-electron chi connectivity index (χ2n) is 8.75. The zero-order valence-corrected chi connectivity index (χ0v) is 20.0. The molecule has 5 rings (SSSR count). The molecule has 0 saturated carbocycles. The Hall–Kier alpha value is -3.36. The van der Waals surface area contributed by atoms with Crippen molar-refractivity contribution in [1.82, 2.24) is 4.90 Å². The summed E-state index contributed by atoms with van der Waals surface area (Å²) < 4.78 is 28.2. The van der Waals surface area contributed by atoms with Gasteiger partial charge in [0.05, 0.1) is 22.0 Å². The van der Waals surface area contributed by atoms with Crippen LogP contribution in [0.4, 0.5) is 17.1 Å². The minimum absolute atomic E-state index is 0.115. The predicted molar refractivity (Wildman–Crippen MR) is 135 cm³/mol. The van der Waals surface area contributed by atoms with E-state index in [2.05, 4.69) is 22.2 Å². The van der Waals surface area contributed by atoms with Crippen molar-refractivity contribution in [2.24, 2.45) is 0 Å². The van der Waals surface area contributed by atoms with Gasteiger partial charge in [0.1, 0.15) is 0 Å². The highest BCUT2D eigenvalue weighted by molar-refractivity contribution is 7.92. The molecule has 0 spiro atoms. The highest BCUT2D eigenvalue weighted by Crippen LogP contribution is 2.33. The average molecular weight is 477 g/mol. The normalized spacial score (nSPS) is 16.4. The maximum Gasteiger partial charge on any atom is 0.264 e. The third-order valence-corrected chi connectivity index (χ3v) is 8.33. The first kappa shape index (κ1) is 22.4. The van der Waals surface area contributed by atoms with Crippen LogP contribution >= 0.6 is 0 Å². The van der Waals surface area contributed by atoms with Gasteiger partial charge >= 0.3 is 0 Å². The van der Waals surface area contributed by atoms with Crippen LogP contribution in [0.15, 0.2) is 77.7 Å². The van der Waals surface area contributed by atoms with Crippen molar-refractivity contribution >= 4 is 33.0 Å². The lowest BCUT2D eigenvalue weighted by Gasteiger charge is -2.35. The Balaban J connectivity index is 1.38. The van der Waals surface area contributed by atoms with E-state index < -0.39 is 10.0 Å². The molecule has 8 heteroatoms. The molecule has 3 aromatic carbocycles. The molecule has 2 heterocycles. The average Bonchev–Trinajstić information content (AvgIpc) is 3.30. The van der Waals surface area contributed by atoms with Gasteiger partial charge in [0.2, 0.25) is 0 Å². The van der Waals surface area contributed by atoms with Crippen LogP contribution in [-0.4, -0.2) is 59.0 Å². The Morgan fingerprint density at radius 1 is 0.824 bits per heavy atom. The molecule has 0 bridgehead atoms. The van der Waals surface area contributed by atoms with E-state index in [1.807, 2.05) is 48.5 Å². The third-order valence-electron chi connectivity index (χ3n) is 6.52. The number of hydrogen-bond acceptors (Lipinski definition) is 5. The minimum atomic E-state index is -3.77. The van der Waals surface area contributed by atoms with E-state index >= 15 is 0 Å². The van der Waals surface area contributed by atoms with E-state index in [9.17, 15) is 13.2 Å². The molecule has 1 saturated heterocycles. The fourth-order valence-electron chi connectivity index (χ4n) is 4.58. The second-order valence-corrected chi connectivity index (χ2v) is 10.6. The van der Waals surface area contributed by atoms with Crippen molar-refractivity contribution < 1.29 is 13.2 Å². The Labute approximate surface area is 200 Å². The van der Waals surface area contributed by atoms with Gasteiger partial charge in [0.15, 0.2) is 0 Å². The first-order valence-electron chi connectivity index (χ1n) is 11.5. The lowest BCUT2D eigenvalue weighted by Crippen LogP contribution is -2.44. The van der Waals surface area contributed by atoms with Gasteiger partial charge in [-0.15, -0.1) is 0 Å². The number of carbonyl (C=O) groups excluding carboxylic acids is 1. The maximum atomic E-state index is 13.4. The van der Waals surface area contributed by atoms with Gasteiger partial charge in [-0.25, -0.2) is 8.42 Å². The van der Waals surface area contributed by atoms with Gasteiger partial charge in [-0.3, -0.25) is 9.10 Å². The van der Waals surface area contributed by atoms with Crippen molar-refractivity contribution in [3.8, 4) is 0 Å². The number of piperazine rings is 1. The van der Waals surface area contributed by atoms with E-state index in [1.165, 1.54) is 10.4 Å². The summed E-state index contributed by atoms with van der Waals surface area (Å²) in [7, 11) is -1.67. The molecular formula is C26H28N4O3S. The van der Waals surface area contributed by atoms with Crippen LogP contribution in [0.25, 0.3) is 0 Å². The van der Waals surface area contributed by atoms with Crippen LogP contribution in [0.3, 0.4) is 0 Å². The summed E-state index contributed by atoms with van der Waals surface area (Å²) >= 11 is 0. The topological polar surface area (TPSA) is 73.0 Å². The molecule has 0 atom stereocenters. The molecule has 0 aromatic heterocycles. The summed E-state index contributed by atoms with van der Waals surface area (Å²) in [6.45, 7) is 4.09. The lowest BCUT2D eigenvalue weighted by atomic mass is 10.2. The highest BCUT2D eigenvalue weighted by atomic mass is 32.2. The number of sulfonamides is 1. The molecular weight excluding hydrogens is 448 g/mol. The molecule has 7 nitrogen and oxygen atoms in total. The molecule has 1 N–H and O–H groups in total. The number of benzene rings is 3. The van der Waals surface area contributed by atoms with Crippen LogP contribution in [0.5, 0.6) is 0 Å². The number of fused-ring (bicyclic) bond motifs is 1. The summed E-state index contributed by atoms with van der Waals surface area (Å²) in [5, 5.41) is 3.00. The van der Waals surface area contributed by atoms with Crippen LogP contribution in [-0.2, 0) is 16.4 Å². The molecule has 34 heavy (non-hydrogen) atoms. The Kier molecular flexibility index (Phi) is 6.02. The SMILES string of the molecule is CN1CCN(c2ccccc2NC(=O)c2cccc(S(=O)(=O)N3CCc4ccccc43)c2)CC1. The number of nitrogens with one attached hydrogen (secondary N) is 1. The first-order chi connectivity index (χ1) is 16.4. The zero-order valence-electron chi connectivity index (χ0n) is 19.1. The number of nitrogens with zero attached hydrogens (tertiary/aromatic N) is 3. The lowest BCUT2D eigenvalue weighted by molar-refractivity contribution is 0.102. The van der Waals surface area contributed by atoms with E-state index in [1.54, 1.807) is 18.2 Å². The summed E-state index contributed by atoms with van der Waals surface area (Å²) in [5.41, 5.74) is 3.72. The second kappa shape index (κ2) is 9.12. The van der Waals surface area contributed by atoms with Gasteiger partial charge in [-0.05, 0) is 55.4 Å². The molecule has 2 aliphatic heterocycles. The Morgan fingerprint density at radius 3 is 2.32 bits per heavy atom. The largest absolute Gasteiger partial charge is 0.367 e. The van der Waals surface area contributed by atoms with Crippen LogP contribution in [0, 0.1) is 0 Å². The molecule has 3 aromatic rings. The van der Waals surface area contributed by atoms with Gasteiger partial charge in [-0.2, -0.15) is 0 Å². The van der Waals surface area contributed by atoms with Crippen molar-refractivity contribution in [3.63, 3.8) is 0 Å². The first-order valence-corrected chi connectivity index (χ1v) is 12.9. The molecule has 0 unspecified atom stereocenters. The van der Waals surface area contributed by atoms with Crippen molar-refractivity contribution in [2.75, 3.05) is 54.3 Å². The number of carbonyl (C=O) groups is 1. The number of para-hydroxylation sites is 3. The van der Waals surface area contributed by atoms with Crippen LogP contribution in [0.1, 0.15) is 15.9 Å². The number of rotatable bonds is 5. The maximum absolute atomic E-state index is 13.4.